The molecule has 0 amide bonds. The number of aliphatic hydroxyl groups excluding tert-OH is 1. The molecule has 36 heavy (non-hydrogen) atoms. The Hall–Kier alpha value is -2.42. The maximum Gasteiger partial charge on any atom is 0.306 e. The normalized spacial score (nSPS) is 45.2. The van der Waals surface area contributed by atoms with Crippen LogP contribution in [0, 0.1) is 28.6 Å². The molecule has 198 valence electrons. The Morgan fingerprint density at radius 3 is 2.47 bits per heavy atom. The number of rotatable bonds is 5. The van der Waals surface area contributed by atoms with Crippen molar-refractivity contribution in [3.8, 4) is 0 Å². The van der Waals surface area contributed by atoms with E-state index in [1.165, 1.54) is 19.1 Å². The molecule has 4 aliphatic rings. The summed E-state index contributed by atoms with van der Waals surface area (Å²) >= 11 is 0. The van der Waals surface area contributed by atoms with E-state index in [0.29, 0.717) is 0 Å². The van der Waals surface area contributed by atoms with Gasteiger partial charge in [-0.05, 0) is 49.8 Å². The zero-order valence-corrected chi connectivity index (χ0v) is 21.3. The highest BCUT2D eigenvalue weighted by molar-refractivity contribution is 6.01. The van der Waals surface area contributed by atoms with Crippen molar-refractivity contribution in [3.63, 3.8) is 0 Å². The van der Waals surface area contributed by atoms with Crippen molar-refractivity contribution in [1.29, 1.82) is 0 Å². The molecule has 7 nitrogen and oxygen atoms in total. The van der Waals surface area contributed by atoms with Gasteiger partial charge in [0.15, 0.2) is 23.7 Å². The number of alkyl halides is 2. The van der Waals surface area contributed by atoms with Crippen LogP contribution >= 0.6 is 0 Å². The molecule has 0 bridgehead atoms. The summed E-state index contributed by atoms with van der Waals surface area (Å²) in [5, 5.41) is 11.5. The summed E-state index contributed by atoms with van der Waals surface area (Å²) in [6, 6.07) is 0. The summed E-state index contributed by atoms with van der Waals surface area (Å²) in [5.74, 6) is -4.66. The zero-order valence-electron chi connectivity index (χ0n) is 21.3. The minimum absolute atomic E-state index is 0.0112. The van der Waals surface area contributed by atoms with Crippen molar-refractivity contribution in [1.82, 2.24) is 0 Å². The van der Waals surface area contributed by atoms with Crippen LogP contribution in [0.3, 0.4) is 0 Å². The fourth-order valence-corrected chi connectivity index (χ4v) is 7.92. The van der Waals surface area contributed by atoms with Crippen LogP contribution in [0.4, 0.5) is 8.78 Å². The molecule has 3 fully saturated rings. The number of hydrogen-bond acceptors (Lipinski definition) is 7. The molecular formula is C27H34F2O7. The zero-order chi connectivity index (χ0) is 26.8. The Balaban J connectivity index is 1.85. The van der Waals surface area contributed by atoms with Gasteiger partial charge in [0, 0.05) is 36.0 Å². The molecule has 0 aromatic carbocycles. The quantitative estimate of drug-likeness (QED) is 0.568. The molecule has 1 N–H and O–H groups in total. The van der Waals surface area contributed by atoms with E-state index in [9.17, 15) is 24.3 Å². The molecule has 9 heteroatoms. The van der Waals surface area contributed by atoms with Crippen molar-refractivity contribution in [3.05, 3.63) is 23.8 Å². The fourth-order valence-electron chi connectivity index (χ4n) is 7.92. The Kier molecular flexibility index (Phi) is 6.34. The lowest BCUT2D eigenvalue weighted by Gasteiger charge is -2.63. The van der Waals surface area contributed by atoms with Crippen molar-refractivity contribution in [2.24, 2.45) is 28.6 Å². The summed E-state index contributed by atoms with van der Waals surface area (Å²) in [6.07, 6.45) is 0.118. The van der Waals surface area contributed by atoms with Gasteiger partial charge in [-0.15, -0.1) is 0 Å². The first kappa shape index (κ1) is 26.6. The second-order valence-electron chi connectivity index (χ2n) is 11.3. The number of Topliss-reactive ketones (excluding diaryl/α,β-unsaturated/α-hetero) is 1. The van der Waals surface area contributed by atoms with Gasteiger partial charge < -0.3 is 14.6 Å². The average molecular weight is 509 g/mol. The second-order valence-corrected chi connectivity index (χ2v) is 11.3. The Bertz CT molecular complexity index is 1070. The minimum Gasteiger partial charge on any atom is -0.458 e. The Labute approximate surface area is 209 Å². The molecule has 0 aromatic rings. The third kappa shape index (κ3) is 3.30. The van der Waals surface area contributed by atoms with Crippen molar-refractivity contribution < 1.29 is 42.5 Å². The molecule has 9 unspecified atom stereocenters. The largest absolute Gasteiger partial charge is 0.458 e. The summed E-state index contributed by atoms with van der Waals surface area (Å²) in [4.78, 5) is 49.7. The smallest absolute Gasteiger partial charge is 0.306 e. The lowest BCUT2D eigenvalue weighted by Crippen LogP contribution is -2.71. The first-order valence-corrected chi connectivity index (χ1v) is 12.5. The van der Waals surface area contributed by atoms with Gasteiger partial charge in [0.25, 0.3) is 0 Å². The first-order chi connectivity index (χ1) is 16.7. The summed E-state index contributed by atoms with van der Waals surface area (Å²) in [6.45, 7) is 6.99. The summed E-state index contributed by atoms with van der Waals surface area (Å²) in [7, 11) is 0. The summed E-state index contributed by atoms with van der Waals surface area (Å²) < 4.78 is 43.8. The number of ether oxygens (including phenoxy) is 2. The highest BCUT2D eigenvalue weighted by Gasteiger charge is 2.78. The third-order valence-corrected chi connectivity index (χ3v) is 9.55. The number of esters is 2. The molecular weight excluding hydrogens is 474 g/mol. The molecule has 4 rings (SSSR count). The highest BCUT2D eigenvalue weighted by Crippen LogP contribution is 2.71. The third-order valence-electron chi connectivity index (χ3n) is 9.55. The predicted octanol–water partition coefficient (Wildman–Crippen LogP) is 3.38. The number of carbonyl (C=O) groups is 4. The van der Waals surface area contributed by atoms with Gasteiger partial charge in [-0.3, -0.25) is 19.2 Å². The maximum absolute atomic E-state index is 17.3. The molecule has 3 saturated carbocycles. The van der Waals surface area contributed by atoms with Crippen LogP contribution in [0.5, 0.6) is 0 Å². The molecule has 4 aliphatic carbocycles. The van der Waals surface area contributed by atoms with Gasteiger partial charge in [-0.1, -0.05) is 26.8 Å². The van der Waals surface area contributed by atoms with Crippen LogP contribution in [0.2, 0.25) is 0 Å². The van der Waals surface area contributed by atoms with Crippen LogP contribution in [0.1, 0.15) is 60.3 Å². The van der Waals surface area contributed by atoms with Crippen molar-refractivity contribution in [2.75, 3.05) is 6.61 Å². The molecule has 0 aromatic heterocycles. The van der Waals surface area contributed by atoms with Gasteiger partial charge in [-0.25, -0.2) is 8.78 Å². The fraction of sp³-hybridized carbons (Fsp3) is 0.704. The van der Waals surface area contributed by atoms with Crippen LogP contribution in [-0.4, -0.2) is 58.8 Å². The number of carbonyl (C=O) groups excluding carboxylic acids is 4. The van der Waals surface area contributed by atoms with Gasteiger partial charge in [0.05, 0.1) is 6.10 Å². The Morgan fingerprint density at radius 1 is 1.19 bits per heavy atom. The van der Waals surface area contributed by atoms with E-state index in [1.54, 1.807) is 20.8 Å². The second kappa shape index (κ2) is 8.57. The van der Waals surface area contributed by atoms with Crippen LogP contribution in [0.15, 0.2) is 23.8 Å². The van der Waals surface area contributed by atoms with E-state index in [-0.39, 0.29) is 31.3 Å². The van der Waals surface area contributed by atoms with Gasteiger partial charge in [-0.2, -0.15) is 0 Å². The van der Waals surface area contributed by atoms with Crippen LogP contribution in [0.25, 0.3) is 0 Å². The average Bonchev–Trinajstić information content (AvgIpc) is 3.02. The number of hydrogen-bond donors (Lipinski definition) is 1. The van der Waals surface area contributed by atoms with Crippen LogP contribution in [-0.2, 0) is 28.7 Å². The SMILES string of the molecule is CCC(=O)OC1(C(=O)COC(C)=O)C(C)CC2C3CC(F)C4=CC(=O)C=CC4(C)C3(F)C(O)CC21C. The lowest BCUT2D eigenvalue weighted by molar-refractivity contribution is -0.231. The van der Waals surface area contributed by atoms with Gasteiger partial charge in [0.1, 0.15) is 6.17 Å². The molecule has 0 aliphatic heterocycles. The Morgan fingerprint density at radius 2 is 1.86 bits per heavy atom. The van der Waals surface area contributed by atoms with E-state index >= 15 is 8.78 Å². The predicted molar refractivity (Wildman–Crippen MR) is 124 cm³/mol. The first-order valence-electron chi connectivity index (χ1n) is 12.5. The van der Waals surface area contributed by atoms with E-state index < -0.39 is 82.2 Å². The van der Waals surface area contributed by atoms with E-state index in [1.807, 2.05) is 0 Å². The van der Waals surface area contributed by atoms with Gasteiger partial charge in [0.2, 0.25) is 5.78 Å². The number of allylic oxidation sites excluding steroid dienone is 4. The molecule has 0 spiro atoms. The monoisotopic (exact) mass is 508 g/mol. The van der Waals surface area contributed by atoms with E-state index in [2.05, 4.69) is 0 Å². The molecule has 0 saturated heterocycles. The number of aliphatic hydroxyl groups is 1. The minimum atomic E-state index is -2.31. The highest BCUT2D eigenvalue weighted by atomic mass is 19.1. The molecule has 0 radical (unpaired) electrons. The summed E-state index contributed by atoms with van der Waals surface area (Å²) in [5.41, 5.74) is -6.90. The number of ketones is 2. The topological polar surface area (TPSA) is 107 Å². The standard InChI is InChI=1S/C27H34F2O7/c1-6-23(34)36-27(22(33)13-35-15(3)30)14(2)9-17-18-11-20(28)19-10-16(31)7-8-24(19,4)26(18,29)21(32)12-25(17,27)5/h7-8,10,14,17-18,20-21,32H,6,9,11-13H2,1-5H3. The van der Waals surface area contributed by atoms with Crippen molar-refractivity contribution in [2.45, 2.75) is 83.8 Å². The lowest BCUT2D eigenvalue weighted by atomic mass is 9.44. The van der Waals surface area contributed by atoms with E-state index in [0.717, 1.165) is 13.0 Å². The van der Waals surface area contributed by atoms with Gasteiger partial charge >= 0.3 is 11.9 Å². The number of halogens is 2. The molecule has 9 atom stereocenters. The van der Waals surface area contributed by atoms with Crippen molar-refractivity contribution >= 4 is 23.5 Å². The molecule has 0 heterocycles. The number of fused-ring (bicyclic) bond motifs is 5. The van der Waals surface area contributed by atoms with E-state index in [4.69, 9.17) is 9.47 Å². The van der Waals surface area contributed by atoms with Crippen LogP contribution < -0.4 is 0 Å². The maximum atomic E-state index is 17.3.